The summed E-state index contributed by atoms with van der Waals surface area (Å²) in [7, 11) is 1.56. The first-order chi connectivity index (χ1) is 30.3. The van der Waals surface area contributed by atoms with Crippen LogP contribution in [-0.2, 0) is 35.2 Å². The molecule has 0 saturated heterocycles. The largest absolute Gasteiger partial charge is 0.507 e. The van der Waals surface area contributed by atoms with Gasteiger partial charge in [-0.05, 0) is 67.6 Å². The molecule has 2 aromatic carbocycles. The zero-order chi connectivity index (χ0) is 46.3. The number of fused-ring (bicyclic) bond motifs is 5. The average molecular weight is 875 g/mol. The maximum absolute atomic E-state index is 14.6. The van der Waals surface area contributed by atoms with E-state index in [1.165, 1.54) is 55.9 Å². The van der Waals surface area contributed by atoms with Gasteiger partial charge in [-0.1, -0.05) is 110 Å². The molecule has 6 N–H and O–H groups in total. The van der Waals surface area contributed by atoms with Crippen LogP contribution in [0.25, 0.3) is 11.1 Å². The summed E-state index contributed by atoms with van der Waals surface area (Å²) in [4.78, 5) is 84.3. The molecule has 1 heterocycles. The molecule has 1 aliphatic heterocycles. The number of carbonyl (C=O) groups is 6. The SMILES string of the molecule is CCCCCCCCCCCCCC(=O)C[C@@H](CCCCN)C(=O)N(C)[C@@H]1C(=O)C[C@@H](C)C(=O)N[C@H](C(=O)C[C@@H](C)C(=O)CC)Cc2ccc(O)c(c2)-c2cc1ccc2OCCN. The lowest BCUT2D eigenvalue weighted by Crippen LogP contribution is -2.46. The second-order valence-electron chi connectivity index (χ2n) is 17.8. The van der Waals surface area contributed by atoms with Crippen molar-refractivity contribution in [2.75, 3.05) is 26.7 Å². The van der Waals surface area contributed by atoms with Gasteiger partial charge >= 0.3 is 0 Å². The number of ether oxygens (including phenoxy) is 1. The summed E-state index contributed by atoms with van der Waals surface area (Å²) >= 11 is 0. The zero-order valence-corrected chi connectivity index (χ0v) is 39.0. The van der Waals surface area contributed by atoms with E-state index in [-0.39, 0.29) is 74.3 Å². The van der Waals surface area contributed by atoms with E-state index in [0.29, 0.717) is 60.2 Å². The standard InChI is InChI=1S/C51H78N4O8/c1-6-8-9-10-11-12-13-14-15-16-17-21-40(56)33-39(20-18-19-26-52)51(62)55(5)49-38-23-25-48(63-28-27-53)42(34-38)41-31-37(22-24-45(41)58)32-43(46(59)29-35(3)44(57)7-2)54-50(61)36(4)30-47(49)60/h22-25,31,34-36,39,43,49,58H,6-21,26-30,32-33,52-53H2,1-5H3,(H,54,61)/t35-,36-,39-,43+,49+/m1/s1. The van der Waals surface area contributed by atoms with E-state index >= 15 is 0 Å². The third-order valence-corrected chi connectivity index (χ3v) is 12.5. The van der Waals surface area contributed by atoms with Crippen molar-refractivity contribution in [3.05, 3.63) is 47.5 Å². The molecule has 350 valence electrons. The molecule has 0 fully saturated rings. The lowest BCUT2D eigenvalue weighted by molar-refractivity contribution is -0.144. The first kappa shape index (κ1) is 52.9. The van der Waals surface area contributed by atoms with Gasteiger partial charge in [0.25, 0.3) is 0 Å². The van der Waals surface area contributed by atoms with Crippen molar-refractivity contribution in [1.82, 2.24) is 10.2 Å². The number of phenols is 1. The minimum atomic E-state index is -1.17. The highest BCUT2D eigenvalue weighted by molar-refractivity contribution is 5.97. The van der Waals surface area contributed by atoms with Crippen LogP contribution >= 0.6 is 0 Å². The Morgan fingerprint density at radius 2 is 1.49 bits per heavy atom. The van der Waals surface area contributed by atoms with Gasteiger partial charge in [0.2, 0.25) is 11.8 Å². The van der Waals surface area contributed by atoms with Gasteiger partial charge in [-0.2, -0.15) is 0 Å². The van der Waals surface area contributed by atoms with Crippen LogP contribution in [0.1, 0.15) is 167 Å². The van der Waals surface area contributed by atoms with Crippen LogP contribution in [0.4, 0.5) is 0 Å². The van der Waals surface area contributed by atoms with Gasteiger partial charge in [-0.25, -0.2) is 0 Å². The van der Waals surface area contributed by atoms with E-state index in [4.69, 9.17) is 16.2 Å². The number of Topliss-reactive ketones (excluding diaryl/α,β-unsaturated/α-hetero) is 4. The molecule has 3 rings (SSSR count). The van der Waals surface area contributed by atoms with E-state index in [1.54, 1.807) is 58.2 Å². The number of benzene rings is 2. The number of nitrogens with one attached hydrogen (secondary N) is 1. The van der Waals surface area contributed by atoms with Crippen LogP contribution in [0.15, 0.2) is 36.4 Å². The molecule has 1 aliphatic rings. The summed E-state index contributed by atoms with van der Waals surface area (Å²) in [6.45, 7) is 8.10. The molecule has 12 heteroatoms. The van der Waals surface area contributed by atoms with E-state index in [0.717, 1.165) is 25.7 Å². The molecule has 0 unspecified atom stereocenters. The van der Waals surface area contributed by atoms with E-state index in [1.807, 2.05) is 0 Å². The highest BCUT2D eigenvalue weighted by atomic mass is 16.5. The Morgan fingerprint density at radius 1 is 0.825 bits per heavy atom. The third-order valence-electron chi connectivity index (χ3n) is 12.5. The summed E-state index contributed by atoms with van der Waals surface area (Å²) < 4.78 is 6.05. The molecule has 0 radical (unpaired) electrons. The summed E-state index contributed by atoms with van der Waals surface area (Å²) in [5.41, 5.74) is 13.5. The zero-order valence-electron chi connectivity index (χ0n) is 39.0. The van der Waals surface area contributed by atoms with Crippen molar-refractivity contribution in [2.24, 2.45) is 29.2 Å². The summed E-state index contributed by atoms with van der Waals surface area (Å²) in [6, 6.07) is 7.81. The molecule has 5 atom stereocenters. The Morgan fingerprint density at radius 3 is 2.13 bits per heavy atom. The van der Waals surface area contributed by atoms with E-state index < -0.39 is 41.5 Å². The molecule has 63 heavy (non-hydrogen) atoms. The Kier molecular flexibility index (Phi) is 23.8. The Balaban J connectivity index is 1.96. The minimum Gasteiger partial charge on any atom is -0.507 e. The number of phenolic OH excluding ortho intramolecular Hbond substituents is 1. The number of likely N-dealkylation sites (N-methyl/N-ethyl adjacent to an activating group) is 1. The normalized spacial score (nSPS) is 17.6. The average Bonchev–Trinajstić information content (AvgIpc) is 3.26. The van der Waals surface area contributed by atoms with E-state index in [9.17, 15) is 33.9 Å². The predicted octanol–water partition coefficient (Wildman–Crippen LogP) is 8.51. The van der Waals surface area contributed by atoms with Crippen LogP contribution in [0.5, 0.6) is 11.5 Å². The maximum atomic E-state index is 14.6. The van der Waals surface area contributed by atoms with Gasteiger partial charge in [0.05, 0.1) is 6.04 Å². The highest BCUT2D eigenvalue weighted by Gasteiger charge is 2.36. The smallest absolute Gasteiger partial charge is 0.226 e. The van der Waals surface area contributed by atoms with Crippen LogP contribution in [0, 0.1) is 17.8 Å². The van der Waals surface area contributed by atoms with Gasteiger partial charge < -0.3 is 31.5 Å². The number of hydrogen-bond donors (Lipinski definition) is 4. The number of unbranched alkanes of at least 4 members (excludes halogenated alkanes) is 11. The quantitative estimate of drug-likeness (QED) is 0.0601. The van der Waals surface area contributed by atoms with Gasteiger partial charge in [0.15, 0.2) is 11.6 Å². The number of rotatable bonds is 28. The fraction of sp³-hybridized carbons (Fsp3) is 0.647. The molecule has 4 bridgehead atoms. The second kappa shape index (κ2) is 28.4. The number of ketones is 4. The van der Waals surface area contributed by atoms with Crippen LogP contribution in [0.2, 0.25) is 0 Å². The van der Waals surface area contributed by atoms with Crippen molar-refractivity contribution in [3.63, 3.8) is 0 Å². The maximum Gasteiger partial charge on any atom is 0.226 e. The van der Waals surface area contributed by atoms with Crippen LogP contribution in [-0.4, -0.2) is 77.7 Å². The molecular formula is C51H78N4O8. The van der Waals surface area contributed by atoms with Crippen LogP contribution in [0.3, 0.4) is 0 Å². The fourth-order valence-electron chi connectivity index (χ4n) is 8.61. The summed E-state index contributed by atoms with van der Waals surface area (Å²) in [5, 5.41) is 14.2. The molecule has 0 spiro atoms. The van der Waals surface area contributed by atoms with E-state index in [2.05, 4.69) is 12.2 Å². The van der Waals surface area contributed by atoms with Gasteiger partial charge in [-0.3, -0.25) is 28.8 Å². The lowest BCUT2D eigenvalue weighted by atomic mass is 9.87. The molecular weight excluding hydrogens is 797 g/mol. The fourth-order valence-corrected chi connectivity index (χ4v) is 8.61. The van der Waals surface area contributed by atoms with Crippen LogP contribution < -0.4 is 21.5 Å². The monoisotopic (exact) mass is 875 g/mol. The minimum absolute atomic E-state index is 0.0182. The third kappa shape index (κ3) is 17.2. The highest BCUT2D eigenvalue weighted by Crippen LogP contribution is 2.40. The lowest BCUT2D eigenvalue weighted by Gasteiger charge is -2.32. The van der Waals surface area contributed by atoms with Gasteiger partial charge in [-0.15, -0.1) is 0 Å². The molecule has 0 aliphatic carbocycles. The molecule has 12 nitrogen and oxygen atoms in total. The Bertz CT molecular complexity index is 1800. The van der Waals surface area contributed by atoms with Crippen molar-refractivity contribution in [2.45, 2.75) is 168 Å². The molecule has 2 aromatic rings. The number of carbonyl (C=O) groups excluding carboxylic acids is 6. The van der Waals surface area contributed by atoms with Crippen molar-refractivity contribution in [3.8, 4) is 22.6 Å². The Hall–Kier alpha value is -4.42. The van der Waals surface area contributed by atoms with Gasteiger partial charge in [0.1, 0.15) is 35.7 Å². The number of nitrogens with two attached hydrogens (primary N) is 2. The predicted molar refractivity (Wildman–Crippen MR) is 249 cm³/mol. The number of nitrogens with zero attached hydrogens (tertiary/aromatic N) is 1. The topological polar surface area (TPSA) is 199 Å². The number of hydrogen-bond acceptors (Lipinski definition) is 10. The van der Waals surface area contributed by atoms with Crippen molar-refractivity contribution < 1.29 is 38.6 Å². The Labute approximate surface area is 377 Å². The number of amides is 2. The van der Waals surface area contributed by atoms with Crippen molar-refractivity contribution in [1.29, 1.82) is 0 Å². The molecule has 0 saturated carbocycles. The summed E-state index contributed by atoms with van der Waals surface area (Å²) in [5.74, 6) is -3.46. The van der Waals surface area contributed by atoms with Crippen molar-refractivity contribution >= 4 is 34.9 Å². The number of aromatic hydroxyl groups is 1. The molecule has 0 aromatic heterocycles. The molecule has 2 amide bonds. The van der Waals surface area contributed by atoms with Gasteiger partial charge in [0, 0.05) is 74.6 Å². The summed E-state index contributed by atoms with van der Waals surface area (Å²) in [6.07, 6.45) is 15.1. The second-order valence-corrected chi connectivity index (χ2v) is 17.8. The first-order valence-corrected chi connectivity index (χ1v) is 23.9. The first-order valence-electron chi connectivity index (χ1n) is 23.9.